The first-order valence-corrected chi connectivity index (χ1v) is 9.23. The lowest BCUT2D eigenvalue weighted by atomic mass is 10.0. The molecule has 5 heteroatoms. The van der Waals surface area contributed by atoms with Gasteiger partial charge in [0.2, 0.25) is 5.91 Å². The summed E-state index contributed by atoms with van der Waals surface area (Å²) in [5, 5.41) is 4.00. The molecule has 2 aromatic heterocycles. The molecule has 1 amide bonds. The van der Waals surface area contributed by atoms with E-state index in [1.54, 1.807) is 18.3 Å². The summed E-state index contributed by atoms with van der Waals surface area (Å²) in [7, 11) is 0. The largest absolute Gasteiger partial charge is 0.354 e. The summed E-state index contributed by atoms with van der Waals surface area (Å²) in [6.07, 6.45) is 2.66. The Balaban J connectivity index is 1.53. The maximum Gasteiger partial charge on any atom is 0.220 e. The molecule has 2 N–H and O–H groups in total. The Morgan fingerprint density at radius 2 is 1.79 bits per heavy atom. The quantitative estimate of drug-likeness (QED) is 0.518. The second-order valence-electron chi connectivity index (χ2n) is 6.63. The van der Waals surface area contributed by atoms with Crippen molar-refractivity contribution in [2.75, 3.05) is 0 Å². The Labute approximate surface area is 162 Å². The van der Waals surface area contributed by atoms with E-state index in [9.17, 15) is 9.18 Å². The van der Waals surface area contributed by atoms with Gasteiger partial charge in [0, 0.05) is 29.2 Å². The van der Waals surface area contributed by atoms with Crippen LogP contribution < -0.4 is 5.32 Å². The highest BCUT2D eigenvalue weighted by atomic mass is 19.1. The molecule has 0 atom stereocenters. The number of para-hydroxylation sites is 1. The van der Waals surface area contributed by atoms with Crippen LogP contribution in [0.1, 0.15) is 17.7 Å². The Bertz CT molecular complexity index is 1090. The Morgan fingerprint density at radius 1 is 1.00 bits per heavy atom. The molecule has 140 valence electrons. The molecule has 0 unspecified atom stereocenters. The number of amides is 1. The summed E-state index contributed by atoms with van der Waals surface area (Å²) in [6.45, 7) is 0.415. The number of nitrogens with zero attached hydrogens (tertiary/aromatic N) is 1. The minimum absolute atomic E-state index is 0.0269. The number of aromatic nitrogens is 2. The molecule has 28 heavy (non-hydrogen) atoms. The van der Waals surface area contributed by atoms with Crippen molar-refractivity contribution in [3.63, 3.8) is 0 Å². The van der Waals surface area contributed by atoms with Gasteiger partial charge in [-0.15, -0.1) is 0 Å². The van der Waals surface area contributed by atoms with Crippen LogP contribution in [0, 0.1) is 5.82 Å². The third kappa shape index (κ3) is 3.93. The van der Waals surface area contributed by atoms with E-state index in [2.05, 4.69) is 15.3 Å². The van der Waals surface area contributed by atoms with Crippen molar-refractivity contribution in [1.82, 2.24) is 15.3 Å². The minimum Gasteiger partial charge on any atom is -0.354 e. The predicted molar refractivity (Wildman–Crippen MR) is 108 cm³/mol. The smallest absolute Gasteiger partial charge is 0.220 e. The lowest BCUT2D eigenvalue weighted by Crippen LogP contribution is -2.23. The molecule has 4 aromatic rings. The molecule has 0 aliphatic heterocycles. The zero-order valence-corrected chi connectivity index (χ0v) is 15.3. The fourth-order valence-electron chi connectivity index (χ4n) is 3.34. The number of pyridine rings is 1. The normalized spacial score (nSPS) is 10.9. The molecule has 2 aromatic carbocycles. The number of rotatable bonds is 6. The molecule has 4 rings (SSSR count). The van der Waals surface area contributed by atoms with Crippen LogP contribution in [0.25, 0.3) is 22.2 Å². The summed E-state index contributed by atoms with van der Waals surface area (Å²) in [5.41, 5.74) is 4.73. The fraction of sp³-hybridized carbons (Fsp3) is 0.130. The lowest BCUT2D eigenvalue weighted by molar-refractivity contribution is -0.121. The van der Waals surface area contributed by atoms with E-state index in [-0.39, 0.29) is 11.7 Å². The Kier molecular flexibility index (Phi) is 5.15. The molecule has 0 fully saturated rings. The standard InChI is InChI=1S/C23H20FN3O/c24-17-10-8-16(9-11-17)23-20(19-6-1-2-7-21(19)27-23)12-13-22(28)26-15-18-5-3-4-14-25-18/h1-11,14,27H,12-13,15H2,(H,26,28). The van der Waals surface area contributed by atoms with Crippen molar-refractivity contribution in [3.8, 4) is 11.3 Å². The highest BCUT2D eigenvalue weighted by Gasteiger charge is 2.14. The number of H-pyrrole nitrogens is 1. The van der Waals surface area contributed by atoms with Crippen LogP contribution in [-0.2, 0) is 17.8 Å². The van der Waals surface area contributed by atoms with Gasteiger partial charge >= 0.3 is 0 Å². The third-order valence-electron chi connectivity index (χ3n) is 4.74. The van der Waals surface area contributed by atoms with E-state index in [0.717, 1.165) is 33.4 Å². The number of carbonyl (C=O) groups excluding carboxylic acids is 1. The highest BCUT2D eigenvalue weighted by molar-refractivity contribution is 5.91. The molecule has 0 spiro atoms. The number of hydrogen-bond acceptors (Lipinski definition) is 2. The van der Waals surface area contributed by atoms with Gasteiger partial charge in [-0.05, 0) is 60.0 Å². The Hall–Kier alpha value is -3.47. The van der Waals surface area contributed by atoms with Gasteiger partial charge < -0.3 is 10.3 Å². The second kappa shape index (κ2) is 8.05. The number of halogens is 1. The van der Waals surface area contributed by atoms with Crippen LogP contribution in [0.5, 0.6) is 0 Å². The average molecular weight is 373 g/mol. The fourth-order valence-corrected chi connectivity index (χ4v) is 3.34. The molecule has 0 radical (unpaired) electrons. The zero-order chi connectivity index (χ0) is 19.3. The number of aromatic amines is 1. The van der Waals surface area contributed by atoms with E-state index in [0.29, 0.717) is 19.4 Å². The monoisotopic (exact) mass is 373 g/mol. The van der Waals surface area contributed by atoms with E-state index in [4.69, 9.17) is 0 Å². The van der Waals surface area contributed by atoms with Gasteiger partial charge in [-0.25, -0.2) is 4.39 Å². The van der Waals surface area contributed by atoms with E-state index in [1.807, 2.05) is 42.5 Å². The molecule has 0 aliphatic carbocycles. The van der Waals surface area contributed by atoms with E-state index >= 15 is 0 Å². The Morgan fingerprint density at radius 3 is 2.57 bits per heavy atom. The van der Waals surface area contributed by atoms with Crippen molar-refractivity contribution in [3.05, 3.63) is 90.0 Å². The maximum absolute atomic E-state index is 13.3. The average Bonchev–Trinajstić information content (AvgIpc) is 3.10. The molecule has 0 saturated carbocycles. The molecular weight excluding hydrogens is 353 g/mol. The zero-order valence-electron chi connectivity index (χ0n) is 15.3. The SMILES string of the molecule is O=C(CCc1c(-c2ccc(F)cc2)[nH]c2ccccc12)NCc1ccccn1. The first kappa shape index (κ1) is 17.9. The van der Waals surface area contributed by atoms with E-state index in [1.165, 1.54) is 12.1 Å². The number of fused-ring (bicyclic) bond motifs is 1. The first-order valence-electron chi connectivity index (χ1n) is 9.23. The van der Waals surface area contributed by atoms with Crippen molar-refractivity contribution in [2.45, 2.75) is 19.4 Å². The predicted octanol–water partition coefficient (Wildman–Crippen LogP) is 4.62. The molecule has 0 saturated heterocycles. The van der Waals surface area contributed by atoms with Crippen LogP contribution in [0.3, 0.4) is 0 Å². The van der Waals surface area contributed by atoms with Gasteiger partial charge in [0.15, 0.2) is 0 Å². The maximum atomic E-state index is 13.3. The molecule has 2 heterocycles. The van der Waals surface area contributed by atoms with Crippen LogP contribution in [0.15, 0.2) is 72.9 Å². The van der Waals surface area contributed by atoms with Crippen molar-refractivity contribution in [1.29, 1.82) is 0 Å². The van der Waals surface area contributed by atoms with Gasteiger partial charge in [-0.1, -0.05) is 24.3 Å². The molecule has 4 nitrogen and oxygen atoms in total. The van der Waals surface area contributed by atoms with Crippen molar-refractivity contribution < 1.29 is 9.18 Å². The van der Waals surface area contributed by atoms with Gasteiger partial charge in [0.1, 0.15) is 5.82 Å². The summed E-state index contributed by atoms with van der Waals surface area (Å²) >= 11 is 0. The number of nitrogens with one attached hydrogen (secondary N) is 2. The van der Waals surface area contributed by atoms with Gasteiger partial charge in [-0.2, -0.15) is 0 Å². The number of carbonyl (C=O) groups is 1. The molecule has 0 aliphatic rings. The number of aryl methyl sites for hydroxylation is 1. The number of benzene rings is 2. The summed E-state index contributed by atoms with van der Waals surface area (Å²) < 4.78 is 13.3. The van der Waals surface area contributed by atoms with Gasteiger partial charge in [0.05, 0.1) is 12.2 Å². The summed E-state index contributed by atoms with van der Waals surface area (Å²) in [5.74, 6) is -0.295. The van der Waals surface area contributed by atoms with Crippen LogP contribution in [-0.4, -0.2) is 15.9 Å². The van der Waals surface area contributed by atoms with E-state index < -0.39 is 0 Å². The van der Waals surface area contributed by atoms with Gasteiger partial charge in [0.25, 0.3) is 0 Å². The summed E-state index contributed by atoms with van der Waals surface area (Å²) in [4.78, 5) is 20.0. The number of hydrogen-bond donors (Lipinski definition) is 2. The van der Waals surface area contributed by atoms with Crippen molar-refractivity contribution >= 4 is 16.8 Å². The topological polar surface area (TPSA) is 57.8 Å². The molecular formula is C23H20FN3O. The van der Waals surface area contributed by atoms with Crippen LogP contribution in [0.4, 0.5) is 4.39 Å². The molecule has 0 bridgehead atoms. The van der Waals surface area contributed by atoms with Crippen LogP contribution >= 0.6 is 0 Å². The third-order valence-corrected chi connectivity index (χ3v) is 4.74. The highest BCUT2D eigenvalue weighted by Crippen LogP contribution is 2.31. The van der Waals surface area contributed by atoms with Crippen molar-refractivity contribution in [2.24, 2.45) is 0 Å². The first-order chi connectivity index (χ1) is 13.7. The lowest BCUT2D eigenvalue weighted by Gasteiger charge is -2.07. The minimum atomic E-state index is -0.268. The second-order valence-corrected chi connectivity index (χ2v) is 6.63. The van der Waals surface area contributed by atoms with Crippen LogP contribution in [0.2, 0.25) is 0 Å². The summed E-state index contributed by atoms with van der Waals surface area (Å²) in [6, 6.07) is 20.0. The van der Waals surface area contributed by atoms with Gasteiger partial charge in [-0.3, -0.25) is 9.78 Å².